The van der Waals surface area contributed by atoms with Crippen LogP contribution in [0, 0.1) is 0 Å². The van der Waals surface area contributed by atoms with Gasteiger partial charge in [-0.25, -0.2) is 0 Å². The summed E-state index contributed by atoms with van der Waals surface area (Å²) in [5, 5.41) is 0.504. The summed E-state index contributed by atoms with van der Waals surface area (Å²) in [6.45, 7) is 13.2. The third kappa shape index (κ3) is 6.12. The summed E-state index contributed by atoms with van der Waals surface area (Å²) < 4.78 is 0. The fourth-order valence-electron chi connectivity index (χ4n) is 0.846. The first-order chi connectivity index (χ1) is 6.05. The third-order valence-corrected chi connectivity index (χ3v) is 10.5. The molecule has 0 bridgehead atoms. The van der Waals surface area contributed by atoms with Crippen LogP contribution in [0.25, 0.3) is 0 Å². The van der Waals surface area contributed by atoms with Gasteiger partial charge in [0.15, 0.2) is 0 Å². The first-order valence-electron chi connectivity index (χ1n) is 4.92. The van der Waals surface area contributed by atoms with E-state index < -0.39 is 14.5 Å². The van der Waals surface area contributed by atoms with E-state index in [1.165, 1.54) is 0 Å². The predicted molar refractivity (Wildman–Crippen MR) is 74.8 cm³/mol. The lowest BCUT2D eigenvalue weighted by molar-refractivity contribution is 0.784. The van der Waals surface area contributed by atoms with E-state index in [0.717, 1.165) is 12.3 Å². The normalized spacial score (nSPS) is 18.0. The van der Waals surface area contributed by atoms with Crippen LogP contribution in [0.1, 0.15) is 41.5 Å². The molecule has 0 aliphatic carbocycles. The monoisotopic (exact) mass is 274 g/mol. The van der Waals surface area contributed by atoms with E-state index in [1.54, 1.807) is 0 Å². The van der Waals surface area contributed by atoms with Gasteiger partial charge in [0.05, 0.1) is 0 Å². The molecule has 0 rings (SSSR count). The standard InChI is InChI=1S/C10H22Cl2P2/c1-9(2,3)13(11)7-8-14(12)10(4,5)6/h7-8H2,1-6H3. The van der Waals surface area contributed by atoms with Gasteiger partial charge in [-0.3, -0.25) is 0 Å². The molecule has 0 saturated carbocycles. The summed E-state index contributed by atoms with van der Waals surface area (Å²) >= 11 is 12.7. The smallest absolute Gasteiger partial charge is 0.00384 e. The highest BCUT2D eigenvalue weighted by molar-refractivity contribution is 7.88. The molecule has 0 amide bonds. The van der Waals surface area contributed by atoms with Crippen LogP contribution >= 0.6 is 37.0 Å². The highest BCUT2D eigenvalue weighted by Gasteiger charge is 2.26. The molecular weight excluding hydrogens is 253 g/mol. The molecule has 0 saturated heterocycles. The molecule has 86 valence electrons. The van der Waals surface area contributed by atoms with Gasteiger partial charge in [0.25, 0.3) is 0 Å². The van der Waals surface area contributed by atoms with E-state index in [2.05, 4.69) is 41.5 Å². The van der Waals surface area contributed by atoms with Gasteiger partial charge < -0.3 is 0 Å². The van der Waals surface area contributed by atoms with Crippen molar-refractivity contribution < 1.29 is 0 Å². The van der Waals surface area contributed by atoms with Gasteiger partial charge in [-0.1, -0.05) is 64.0 Å². The fourth-order valence-corrected chi connectivity index (χ4v) is 4.95. The fraction of sp³-hybridized carbons (Fsp3) is 1.00. The summed E-state index contributed by atoms with van der Waals surface area (Å²) in [6, 6.07) is 0. The Hall–Kier alpha value is 1.44. The zero-order valence-corrected chi connectivity index (χ0v) is 13.4. The second kappa shape index (κ2) is 5.67. The summed E-state index contributed by atoms with van der Waals surface area (Å²) in [6.07, 6.45) is 2.18. The molecule has 0 spiro atoms. The van der Waals surface area contributed by atoms with E-state index >= 15 is 0 Å². The highest BCUT2D eigenvalue weighted by atomic mass is 35.7. The maximum absolute atomic E-state index is 6.37. The van der Waals surface area contributed by atoms with Crippen molar-refractivity contribution in [2.45, 2.75) is 51.9 Å². The van der Waals surface area contributed by atoms with Gasteiger partial charge in [0.2, 0.25) is 0 Å². The van der Waals surface area contributed by atoms with E-state index in [4.69, 9.17) is 22.5 Å². The van der Waals surface area contributed by atoms with Crippen molar-refractivity contribution >= 4 is 37.0 Å². The molecule has 4 heteroatoms. The van der Waals surface area contributed by atoms with Crippen LogP contribution in [0.4, 0.5) is 0 Å². The summed E-state index contributed by atoms with van der Waals surface area (Å²) in [7, 11) is -0.795. The van der Waals surface area contributed by atoms with Crippen LogP contribution in [0.5, 0.6) is 0 Å². The maximum atomic E-state index is 6.37. The Morgan fingerprint density at radius 2 is 0.929 bits per heavy atom. The lowest BCUT2D eigenvalue weighted by atomic mass is 10.3. The van der Waals surface area contributed by atoms with Crippen molar-refractivity contribution in [1.82, 2.24) is 0 Å². The number of hydrogen-bond acceptors (Lipinski definition) is 0. The average Bonchev–Trinajstić information content (AvgIpc) is 1.95. The summed E-state index contributed by atoms with van der Waals surface area (Å²) in [4.78, 5) is 0. The van der Waals surface area contributed by atoms with Crippen molar-refractivity contribution in [3.8, 4) is 0 Å². The second-order valence-corrected chi connectivity index (χ2v) is 13.0. The zero-order valence-electron chi connectivity index (χ0n) is 10.1. The van der Waals surface area contributed by atoms with Gasteiger partial charge in [-0.15, -0.1) is 0 Å². The first-order valence-corrected chi connectivity index (χ1v) is 9.78. The van der Waals surface area contributed by atoms with E-state index in [1.807, 2.05) is 0 Å². The van der Waals surface area contributed by atoms with Crippen LogP contribution in [0.2, 0.25) is 0 Å². The molecule has 2 atom stereocenters. The number of rotatable bonds is 3. The molecule has 0 aliphatic heterocycles. The van der Waals surface area contributed by atoms with Crippen LogP contribution in [0.15, 0.2) is 0 Å². The summed E-state index contributed by atoms with van der Waals surface area (Å²) in [5.41, 5.74) is 0. The minimum absolute atomic E-state index is 0.252. The first kappa shape index (κ1) is 15.4. The second-order valence-electron chi connectivity index (χ2n) is 5.51. The van der Waals surface area contributed by atoms with Crippen LogP contribution < -0.4 is 0 Å². The largest absolute Gasteiger partial charge is 0.0959 e. The predicted octanol–water partition coefficient (Wildman–Crippen LogP) is 5.85. The van der Waals surface area contributed by atoms with Crippen molar-refractivity contribution in [3.05, 3.63) is 0 Å². The minimum atomic E-state index is -0.397. The van der Waals surface area contributed by atoms with Crippen LogP contribution in [0.3, 0.4) is 0 Å². The van der Waals surface area contributed by atoms with Crippen molar-refractivity contribution in [2.24, 2.45) is 0 Å². The Labute approximate surface area is 101 Å². The molecule has 0 aromatic rings. The molecule has 0 nitrogen and oxygen atoms in total. The van der Waals surface area contributed by atoms with Gasteiger partial charge in [-0.2, -0.15) is 0 Å². The van der Waals surface area contributed by atoms with Gasteiger partial charge in [0.1, 0.15) is 0 Å². The minimum Gasteiger partial charge on any atom is -0.0959 e. The molecule has 0 fully saturated rings. The van der Waals surface area contributed by atoms with E-state index in [0.29, 0.717) is 0 Å². The average molecular weight is 275 g/mol. The lowest BCUT2D eigenvalue weighted by Crippen LogP contribution is -2.14. The molecule has 14 heavy (non-hydrogen) atoms. The topological polar surface area (TPSA) is 0 Å². The highest BCUT2D eigenvalue weighted by Crippen LogP contribution is 2.59. The van der Waals surface area contributed by atoms with E-state index in [-0.39, 0.29) is 10.3 Å². The maximum Gasteiger partial charge on any atom is -0.00384 e. The Bertz CT molecular complexity index is 150. The lowest BCUT2D eigenvalue weighted by Gasteiger charge is -2.29. The molecule has 0 radical (unpaired) electrons. The zero-order chi connectivity index (χ0) is 11.6. The van der Waals surface area contributed by atoms with E-state index in [9.17, 15) is 0 Å². The number of hydrogen-bond donors (Lipinski definition) is 0. The molecule has 0 aliphatic rings. The van der Waals surface area contributed by atoms with Crippen molar-refractivity contribution in [3.63, 3.8) is 0 Å². The third-order valence-electron chi connectivity index (χ3n) is 1.95. The Balaban J connectivity index is 3.96. The molecular formula is C10H22Cl2P2. The van der Waals surface area contributed by atoms with Gasteiger partial charge in [-0.05, 0) is 37.2 Å². The Morgan fingerprint density at radius 1 is 0.714 bits per heavy atom. The Morgan fingerprint density at radius 3 is 1.07 bits per heavy atom. The molecule has 0 aromatic carbocycles. The van der Waals surface area contributed by atoms with Crippen molar-refractivity contribution in [1.29, 1.82) is 0 Å². The van der Waals surface area contributed by atoms with Gasteiger partial charge in [0, 0.05) is 0 Å². The van der Waals surface area contributed by atoms with Crippen molar-refractivity contribution in [2.75, 3.05) is 12.3 Å². The molecule has 0 aromatic heterocycles. The van der Waals surface area contributed by atoms with Gasteiger partial charge >= 0.3 is 0 Å². The molecule has 2 unspecified atom stereocenters. The summed E-state index contributed by atoms with van der Waals surface area (Å²) in [5.74, 6) is 0. The molecule has 0 N–H and O–H groups in total. The number of halogens is 2. The van der Waals surface area contributed by atoms with Crippen LogP contribution in [-0.2, 0) is 0 Å². The molecule has 0 heterocycles. The SMILES string of the molecule is CC(C)(C)P(Cl)CCP(Cl)C(C)(C)C. The van der Waals surface area contributed by atoms with Crippen LogP contribution in [-0.4, -0.2) is 22.6 Å². The quantitative estimate of drug-likeness (QED) is 0.566. The Kier molecular flexibility index (Phi) is 6.26.